The Bertz CT molecular complexity index is 661. The second-order valence-corrected chi connectivity index (χ2v) is 7.11. The third-order valence-electron chi connectivity index (χ3n) is 4.22. The molecule has 2 amide bonds. The number of carbonyl (C=O) groups is 3. The summed E-state index contributed by atoms with van der Waals surface area (Å²) in [5.41, 5.74) is 0.218. The van der Waals surface area contributed by atoms with Crippen molar-refractivity contribution in [2.24, 2.45) is 5.92 Å². The Morgan fingerprint density at radius 3 is 2.46 bits per heavy atom. The molecule has 0 radical (unpaired) electrons. The maximum Gasteiger partial charge on any atom is 0.325 e. The highest BCUT2D eigenvalue weighted by atomic mass is 35.5. The van der Waals surface area contributed by atoms with Crippen molar-refractivity contribution in [2.45, 2.75) is 32.1 Å². The predicted molar refractivity (Wildman–Crippen MR) is 99.3 cm³/mol. The van der Waals surface area contributed by atoms with E-state index < -0.39 is 17.8 Å². The van der Waals surface area contributed by atoms with Crippen molar-refractivity contribution in [3.8, 4) is 0 Å². The van der Waals surface area contributed by atoms with Crippen molar-refractivity contribution in [1.82, 2.24) is 10.6 Å². The van der Waals surface area contributed by atoms with Crippen LogP contribution in [0.15, 0.2) is 18.2 Å². The van der Waals surface area contributed by atoms with Crippen molar-refractivity contribution < 1.29 is 19.1 Å². The molecule has 1 saturated carbocycles. The molecule has 0 bridgehead atoms. The minimum atomic E-state index is -0.498. The van der Waals surface area contributed by atoms with Gasteiger partial charge in [0.25, 0.3) is 5.91 Å². The van der Waals surface area contributed by atoms with Crippen molar-refractivity contribution >= 4 is 41.0 Å². The molecule has 1 fully saturated rings. The Hall–Kier alpha value is -1.79. The number of nitrogens with one attached hydrogen (secondary N) is 2. The molecule has 1 aromatic carbocycles. The van der Waals surface area contributed by atoms with Crippen LogP contribution in [0.5, 0.6) is 0 Å². The summed E-state index contributed by atoms with van der Waals surface area (Å²) in [6.45, 7) is -0.0860. The van der Waals surface area contributed by atoms with Gasteiger partial charge in [0.05, 0.1) is 23.7 Å². The van der Waals surface area contributed by atoms with Crippen LogP contribution < -0.4 is 10.6 Å². The number of amides is 2. The quantitative estimate of drug-likeness (QED) is 0.688. The van der Waals surface area contributed by atoms with Crippen LogP contribution in [0.25, 0.3) is 0 Å². The number of benzene rings is 1. The minimum Gasteiger partial charge on any atom is -0.464 e. The lowest BCUT2D eigenvalue weighted by molar-refractivity contribution is -0.145. The number of hydrogen-bond donors (Lipinski definition) is 2. The molecule has 0 atom stereocenters. The summed E-state index contributed by atoms with van der Waals surface area (Å²) in [7, 11) is 0. The van der Waals surface area contributed by atoms with E-state index in [2.05, 4.69) is 10.6 Å². The zero-order chi connectivity index (χ0) is 18.9. The Morgan fingerprint density at radius 2 is 1.77 bits per heavy atom. The maximum atomic E-state index is 12.0. The van der Waals surface area contributed by atoms with Gasteiger partial charge in [0.1, 0.15) is 6.54 Å². The van der Waals surface area contributed by atoms with E-state index in [-0.39, 0.29) is 23.7 Å². The standard InChI is InChI=1S/C18H22Cl2N2O4/c19-13-6-7-14(15(20)8-13)18(25)22-9-16(23)21-10-17(24)26-11-12-4-2-1-3-5-12/h6-8,12H,1-5,9-11H2,(H,21,23)(H,22,25). The molecule has 0 heterocycles. The Kier molecular flexibility index (Phi) is 8.19. The molecule has 0 aliphatic heterocycles. The lowest BCUT2D eigenvalue weighted by Gasteiger charge is -2.21. The first kappa shape index (κ1) is 20.5. The summed E-state index contributed by atoms with van der Waals surface area (Å²) in [6, 6.07) is 4.45. The van der Waals surface area contributed by atoms with Crippen molar-refractivity contribution in [2.75, 3.05) is 19.7 Å². The summed E-state index contributed by atoms with van der Waals surface area (Å²) in [5, 5.41) is 5.46. The van der Waals surface area contributed by atoms with Gasteiger partial charge in [-0.15, -0.1) is 0 Å². The van der Waals surface area contributed by atoms with E-state index in [1.54, 1.807) is 0 Å². The fourth-order valence-electron chi connectivity index (χ4n) is 2.78. The van der Waals surface area contributed by atoms with E-state index in [9.17, 15) is 14.4 Å². The summed E-state index contributed by atoms with van der Waals surface area (Å²) < 4.78 is 5.18. The fourth-order valence-corrected chi connectivity index (χ4v) is 3.27. The number of halogens is 2. The monoisotopic (exact) mass is 400 g/mol. The molecule has 2 rings (SSSR count). The average Bonchev–Trinajstić information content (AvgIpc) is 2.63. The van der Waals surface area contributed by atoms with Gasteiger partial charge in [-0.05, 0) is 37.0 Å². The first-order valence-electron chi connectivity index (χ1n) is 8.61. The van der Waals surface area contributed by atoms with Gasteiger partial charge >= 0.3 is 5.97 Å². The molecule has 26 heavy (non-hydrogen) atoms. The highest BCUT2D eigenvalue weighted by molar-refractivity contribution is 6.36. The summed E-state index contributed by atoms with van der Waals surface area (Å²) >= 11 is 11.7. The summed E-state index contributed by atoms with van der Waals surface area (Å²) in [5.74, 6) is -1.04. The van der Waals surface area contributed by atoms with Crippen molar-refractivity contribution in [3.63, 3.8) is 0 Å². The molecule has 1 aliphatic carbocycles. The highest BCUT2D eigenvalue weighted by Gasteiger charge is 2.16. The zero-order valence-electron chi connectivity index (χ0n) is 14.4. The van der Waals surface area contributed by atoms with Crippen molar-refractivity contribution in [1.29, 1.82) is 0 Å². The zero-order valence-corrected chi connectivity index (χ0v) is 15.9. The van der Waals surface area contributed by atoms with Gasteiger partial charge in [-0.1, -0.05) is 42.5 Å². The SMILES string of the molecule is O=C(CNC(=O)c1ccc(Cl)cc1Cl)NCC(=O)OCC1CCCCC1. The van der Waals surface area contributed by atoms with Crippen molar-refractivity contribution in [3.05, 3.63) is 33.8 Å². The van der Waals surface area contributed by atoms with Crippen LogP contribution in [0.4, 0.5) is 0 Å². The molecule has 0 saturated heterocycles. The molecule has 8 heteroatoms. The third-order valence-corrected chi connectivity index (χ3v) is 4.77. The van der Waals surface area contributed by atoms with Gasteiger partial charge in [-0.3, -0.25) is 14.4 Å². The second-order valence-electron chi connectivity index (χ2n) is 6.27. The van der Waals surface area contributed by atoms with Gasteiger partial charge in [0, 0.05) is 5.02 Å². The van der Waals surface area contributed by atoms with E-state index in [1.807, 2.05) is 0 Å². The van der Waals surface area contributed by atoms with E-state index in [4.69, 9.17) is 27.9 Å². The Balaban J connectivity index is 1.64. The molecule has 0 aromatic heterocycles. The minimum absolute atomic E-state index is 0.196. The molecule has 1 aliphatic rings. The Morgan fingerprint density at radius 1 is 1.04 bits per heavy atom. The maximum absolute atomic E-state index is 12.0. The largest absolute Gasteiger partial charge is 0.464 e. The van der Waals surface area contributed by atoms with E-state index in [1.165, 1.54) is 37.5 Å². The van der Waals surface area contributed by atoms with Crippen LogP contribution >= 0.6 is 23.2 Å². The molecule has 0 spiro atoms. The number of esters is 1. The summed E-state index contributed by atoms with van der Waals surface area (Å²) in [4.78, 5) is 35.4. The average molecular weight is 401 g/mol. The molecule has 2 N–H and O–H groups in total. The van der Waals surface area contributed by atoms with Crippen LogP contribution in [-0.4, -0.2) is 37.5 Å². The molecule has 1 aromatic rings. The first-order valence-corrected chi connectivity index (χ1v) is 9.37. The van der Waals surface area contributed by atoms with Crippen LogP contribution in [0, 0.1) is 5.92 Å². The molecule has 6 nitrogen and oxygen atoms in total. The number of ether oxygens (including phenoxy) is 1. The van der Waals surface area contributed by atoms with Gasteiger partial charge in [-0.2, -0.15) is 0 Å². The first-order chi connectivity index (χ1) is 12.5. The normalized spacial score (nSPS) is 14.5. The number of hydrogen-bond acceptors (Lipinski definition) is 4. The molecule has 0 unspecified atom stereocenters. The Labute approximate surface area is 162 Å². The van der Waals surface area contributed by atoms with Gasteiger partial charge in [0.2, 0.25) is 5.91 Å². The molecular formula is C18H22Cl2N2O4. The topological polar surface area (TPSA) is 84.5 Å². The third kappa shape index (κ3) is 6.84. The molecular weight excluding hydrogens is 379 g/mol. The number of carbonyl (C=O) groups excluding carboxylic acids is 3. The second kappa shape index (κ2) is 10.4. The van der Waals surface area contributed by atoms with Crippen LogP contribution in [0.2, 0.25) is 10.0 Å². The predicted octanol–water partition coefficient (Wildman–Crippen LogP) is 2.96. The van der Waals surface area contributed by atoms with Gasteiger partial charge < -0.3 is 15.4 Å². The van der Waals surface area contributed by atoms with E-state index in [0.29, 0.717) is 17.5 Å². The van der Waals surface area contributed by atoms with Gasteiger partial charge in [0.15, 0.2) is 0 Å². The van der Waals surface area contributed by atoms with Crippen LogP contribution in [0.1, 0.15) is 42.5 Å². The molecule has 142 valence electrons. The van der Waals surface area contributed by atoms with E-state index >= 15 is 0 Å². The lowest BCUT2D eigenvalue weighted by atomic mass is 9.90. The highest BCUT2D eigenvalue weighted by Crippen LogP contribution is 2.23. The van der Waals surface area contributed by atoms with E-state index in [0.717, 1.165) is 12.8 Å². The van der Waals surface area contributed by atoms with Crippen LogP contribution in [0.3, 0.4) is 0 Å². The van der Waals surface area contributed by atoms with Gasteiger partial charge in [-0.25, -0.2) is 0 Å². The lowest BCUT2D eigenvalue weighted by Crippen LogP contribution is -2.39. The fraction of sp³-hybridized carbons (Fsp3) is 0.500. The van der Waals surface area contributed by atoms with Crippen LogP contribution in [-0.2, 0) is 14.3 Å². The summed E-state index contributed by atoms with van der Waals surface area (Å²) in [6.07, 6.45) is 5.76. The number of rotatable bonds is 7. The smallest absolute Gasteiger partial charge is 0.325 e.